The van der Waals surface area contributed by atoms with Crippen LogP contribution in [0, 0.1) is 5.92 Å². The zero-order valence-corrected chi connectivity index (χ0v) is 19.7. The first-order valence-electron chi connectivity index (χ1n) is 11.6. The summed E-state index contributed by atoms with van der Waals surface area (Å²) >= 11 is 0. The number of benzene rings is 2. The Labute approximate surface area is 195 Å². The van der Waals surface area contributed by atoms with Gasteiger partial charge in [-0.25, -0.2) is 4.79 Å². The quantitative estimate of drug-likeness (QED) is 0.655. The third-order valence-corrected chi connectivity index (χ3v) is 7.97. The first kappa shape index (κ1) is 23.7. The van der Waals surface area contributed by atoms with Gasteiger partial charge in [-0.2, -0.15) is 8.42 Å². The van der Waals surface area contributed by atoms with Gasteiger partial charge in [0.05, 0.1) is 11.8 Å². The Morgan fingerprint density at radius 1 is 0.970 bits per heavy atom. The third kappa shape index (κ3) is 5.23. The molecule has 4 aliphatic heterocycles. The predicted octanol–water partition coefficient (Wildman–Crippen LogP) is 4.02. The minimum absolute atomic E-state index is 0.195. The third-order valence-electron chi connectivity index (χ3n) is 7.24. The van der Waals surface area contributed by atoms with Crippen molar-refractivity contribution in [1.29, 1.82) is 0 Å². The predicted molar refractivity (Wildman–Crippen MR) is 127 cm³/mol. The molecule has 1 amide bonds. The molecular formula is C25H32N2O5S. The number of fused-ring (bicyclic) bond motifs is 4. The lowest BCUT2D eigenvalue weighted by atomic mass is 9.72. The first-order valence-corrected chi connectivity index (χ1v) is 13.2. The van der Waals surface area contributed by atoms with E-state index in [9.17, 15) is 18.3 Å². The van der Waals surface area contributed by atoms with Crippen LogP contribution in [0.3, 0.4) is 0 Å². The van der Waals surface area contributed by atoms with Gasteiger partial charge in [-0.05, 0) is 73.4 Å². The highest BCUT2D eigenvalue weighted by atomic mass is 32.2. The van der Waals surface area contributed by atoms with Gasteiger partial charge in [-0.3, -0.25) is 9.45 Å². The molecule has 33 heavy (non-hydrogen) atoms. The summed E-state index contributed by atoms with van der Waals surface area (Å²) in [6, 6.07) is 16.8. The van der Waals surface area contributed by atoms with E-state index in [1.807, 2.05) is 6.07 Å². The molecule has 4 aliphatic rings. The molecule has 4 heterocycles. The Balaban J connectivity index is 0.000000385. The zero-order chi connectivity index (χ0) is 23.6. The standard InChI is InChI=1S/C23H26N2O2.C2H6O3S/c26-23(27)25-14-11-16-5-1-2-6-18(16)22(25)20-8-4-3-7-19(20)21-15-24-12-9-17(21)10-13-24;1-2-6(3,4)5/h1-8,17,21-22H,9-15H2,(H,26,27);2H2,1H3,(H,3,4,5)/t21?,22-;/m1./s1. The maximum absolute atomic E-state index is 12.1. The van der Waals surface area contributed by atoms with Crippen LogP contribution in [0.2, 0.25) is 0 Å². The number of hydrogen-bond acceptors (Lipinski definition) is 4. The van der Waals surface area contributed by atoms with E-state index in [1.54, 1.807) is 4.90 Å². The summed E-state index contributed by atoms with van der Waals surface area (Å²) < 4.78 is 26.9. The van der Waals surface area contributed by atoms with Crippen molar-refractivity contribution in [2.24, 2.45) is 5.92 Å². The van der Waals surface area contributed by atoms with Gasteiger partial charge in [-0.15, -0.1) is 0 Å². The van der Waals surface area contributed by atoms with Crippen molar-refractivity contribution >= 4 is 16.2 Å². The molecule has 3 fully saturated rings. The van der Waals surface area contributed by atoms with Gasteiger partial charge in [0, 0.05) is 13.1 Å². The van der Waals surface area contributed by atoms with E-state index in [0.717, 1.165) is 24.4 Å². The Kier molecular flexibility index (Phi) is 7.07. The van der Waals surface area contributed by atoms with Crippen molar-refractivity contribution in [3.05, 3.63) is 70.8 Å². The Morgan fingerprint density at radius 2 is 1.55 bits per heavy atom. The minimum Gasteiger partial charge on any atom is -0.465 e. The van der Waals surface area contributed by atoms with Crippen LogP contribution in [-0.4, -0.2) is 65.9 Å². The van der Waals surface area contributed by atoms with E-state index >= 15 is 0 Å². The molecule has 2 N–H and O–H groups in total. The normalized spacial score (nSPS) is 26.2. The average Bonchev–Trinajstić information content (AvgIpc) is 2.84. The molecule has 2 aromatic carbocycles. The topological polar surface area (TPSA) is 98.1 Å². The second-order valence-corrected chi connectivity index (χ2v) is 10.8. The molecule has 0 aliphatic carbocycles. The summed E-state index contributed by atoms with van der Waals surface area (Å²) in [4.78, 5) is 16.3. The lowest BCUT2D eigenvalue weighted by Gasteiger charge is -2.46. The van der Waals surface area contributed by atoms with Crippen molar-refractivity contribution in [3.8, 4) is 0 Å². The number of nitrogens with zero attached hydrogens (tertiary/aromatic N) is 2. The Bertz CT molecular complexity index is 1100. The molecule has 2 atom stereocenters. The van der Waals surface area contributed by atoms with Crippen LogP contribution in [0.1, 0.15) is 54.0 Å². The van der Waals surface area contributed by atoms with Crippen LogP contribution < -0.4 is 0 Å². The SMILES string of the molecule is CCS(=O)(=O)O.O=C(O)N1CCc2ccccc2[C@@H]1c1ccccc1C1CN2CCC1CC2. The summed E-state index contributed by atoms with van der Waals surface area (Å²) in [5.74, 6) is 1.05. The number of piperidine rings is 3. The smallest absolute Gasteiger partial charge is 0.408 e. The van der Waals surface area contributed by atoms with Crippen LogP contribution >= 0.6 is 0 Å². The number of rotatable bonds is 3. The molecule has 2 aromatic rings. The summed E-state index contributed by atoms with van der Waals surface area (Å²) in [6.07, 6.45) is 2.51. The highest BCUT2D eigenvalue weighted by molar-refractivity contribution is 7.85. The van der Waals surface area contributed by atoms with Crippen molar-refractivity contribution in [2.45, 2.75) is 38.1 Å². The first-order chi connectivity index (χ1) is 15.8. The second kappa shape index (κ2) is 9.83. The number of carboxylic acid groups (broad SMARTS) is 1. The van der Waals surface area contributed by atoms with Crippen LogP contribution in [0.25, 0.3) is 0 Å². The highest BCUT2D eigenvalue weighted by Gasteiger charge is 2.39. The average molecular weight is 473 g/mol. The van der Waals surface area contributed by atoms with Crippen molar-refractivity contribution < 1.29 is 22.9 Å². The maximum Gasteiger partial charge on any atom is 0.408 e. The van der Waals surface area contributed by atoms with Gasteiger partial charge in [0.25, 0.3) is 10.1 Å². The molecule has 0 radical (unpaired) electrons. The van der Waals surface area contributed by atoms with E-state index < -0.39 is 16.2 Å². The number of hydrogen-bond donors (Lipinski definition) is 2. The lowest BCUT2D eigenvalue weighted by molar-refractivity contribution is 0.0857. The summed E-state index contributed by atoms with van der Waals surface area (Å²) in [6.45, 7) is 5.48. The zero-order valence-electron chi connectivity index (χ0n) is 18.9. The van der Waals surface area contributed by atoms with Crippen LogP contribution in [0.5, 0.6) is 0 Å². The molecule has 0 spiro atoms. The maximum atomic E-state index is 12.1. The summed E-state index contributed by atoms with van der Waals surface area (Å²) in [5, 5.41) is 9.92. The Hall–Kier alpha value is -2.42. The van der Waals surface area contributed by atoms with E-state index in [4.69, 9.17) is 4.55 Å². The molecule has 2 bridgehead atoms. The van der Waals surface area contributed by atoms with Crippen LogP contribution in [0.15, 0.2) is 48.5 Å². The number of carbonyl (C=O) groups is 1. The van der Waals surface area contributed by atoms with Gasteiger partial charge in [0.15, 0.2) is 0 Å². The molecule has 1 unspecified atom stereocenters. The fraction of sp³-hybridized carbons (Fsp3) is 0.480. The van der Waals surface area contributed by atoms with Gasteiger partial charge in [0.1, 0.15) is 0 Å². The van der Waals surface area contributed by atoms with E-state index in [0.29, 0.717) is 12.5 Å². The molecule has 8 heteroatoms. The molecule has 7 nitrogen and oxygen atoms in total. The van der Waals surface area contributed by atoms with Gasteiger partial charge in [0.2, 0.25) is 0 Å². The molecular weight excluding hydrogens is 440 g/mol. The fourth-order valence-corrected chi connectivity index (χ4v) is 5.52. The summed E-state index contributed by atoms with van der Waals surface area (Å²) in [7, 11) is -3.66. The van der Waals surface area contributed by atoms with Crippen molar-refractivity contribution in [2.75, 3.05) is 31.9 Å². The number of amides is 1. The van der Waals surface area contributed by atoms with Crippen LogP contribution in [-0.2, 0) is 16.5 Å². The highest BCUT2D eigenvalue weighted by Crippen LogP contribution is 2.44. The van der Waals surface area contributed by atoms with E-state index in [1.165, 1.54) is 49.5 Å². The van der Waals surface area contributed by atoms with Gasteiger partial charge < -0.3 is 10.0 Å². The fourth-order valence-electron chi connectivity index (χ4n) is 5.52. The molecule has 178 valence electrons. The Morgan fingerprint density at radius 3 is 2.09 bits per heavy atom. The molecule has 3 saturated heterocycles. The van der Waals surface area contributed by atoms with Crippen molar-refractivity contribution in [1.82, 2.24) is 9.80 Å². The lowest BCUT2D eigenvalue weighted by Crippen LogP contribution is -2.47. The minimum atomic E-state index is -3.66. The van der Waals surface area contributed by atoms with E-state index in [-0.39, 0.29) is 11.8 Å². The van der Waals surface area contributed by atoms with Gasteiger partial charge >= 0.3 is 6.09 Å². The van der Waals surface area contributed by atoms with E-state index in [2.05, 4.69) is 47.4 Å². The van der Waals surface area contributed by atoms with Gasteiger partial charge in [-0.1, -0.05) is 48.5 Å². The summed E-state index contributed by atoms with van der Waals surface area (Å²) in [5.41, 5.74) is 4.98. The molecule has 6 rings (SSSR count). The van der Waals surface area contributed by atoms with Crippen molar-refractivity contribution in [3.63, 3.8) is 0 Å². The molecule has 0 saturated carbocycles. The molecule has 0 aromatic heterocycles. The second-order valence-electron chi connectivity index (χ2n) is 9.07. The van der Waals surface area contributed by atoms with Crippen LogP contribution in [0.4, 0.5) is 4.79 Å². The monoisotopic (exact) mass is 472 g/mol. The largest absolute Gasteiger partial charge is 0.465 e.